The number of halogens is 1. The van der Waals surface area contributed by atoms with Crippen LogP contribution in [0.2, 0.25) is 5.02 Å². The molecule has 0 bridgehead atoms. The number of carbonyl (C=O) groups excluding carboxylic acids is 3. The van der Waals surface area contributed by atoms with Gasteiger partial charge in [0.2, 0.25) is 11.8 Å². The number of Topliss-reactive ketones (excluding diaryl/α,β-unsaturated/α-hetero) is 1. The maximum Gasteiger partial charge on any atom is 0.229 e. The smallest absolute Gasteiger partial charge is 0.229 e. The fourth-order valence-electron chi connectivity index (χ4n) is 2.79. The van der Waals surface area contributed by atoms with Gasteiger partial charge in [-0.15, -0.1) is 0 Å². The monoisotopic (exact) mass is 356 g/mol. The Morgan fingerprint density at radius 2 is 1.72 bits per heavy atom. The Bertz CT molecular complexity index is 816. The topological polar surface area (TPSA) is 66.5 Å². The molecule has 0 aliphatic carbocycles. The summed E-state index contributed by atoms with van der Waals surface area (Å²) in [6, 6.07) is 13.7. The number of ketones is 1. The summed E-state index contributed by atoms with van der Waals surface area (Å²) in [4.78, 5) is 37.5. The molecule has 25 heavy (non-hydrogen) atoms. The lowest BCUT2D eigenvalue weighted by molar-refractivity contribution is -0.122. The third kappa shape index (κ3) is 3.88. The molecule has 1 atom stereocenters. The Labute approximate surface area is 150 Å². The second-order valence-electron chi connectivity index (χ2n) is 6.00. The van der Waals surface area contributed by atoms with Crippen LogP contribution in [0.4, 0.5) is 11.4 Å². The van der Waals surface area contributed by atoms with Crippen LogP contribution in [-0.2, 0) is 9.59 Å². The van der Waals surface area contributed by atoms with E-state index in [1.54, 1.807) is 53.4 Å². The van der Waals surface area contributed by atoms with Gasteiger partial charge in [0.25, 0.3) is 0 Å². The first kappa shape index (κ1) is 17.2. The van der Waals surface area contributed by atoms with Crippen LogP contribution in [0.15, 0.2) is 48.5 Å². The van der Waals surface area contributed by atoms with Gasteiger partial charge in [0.15, 0.2) is 5.78 Å². The fraction of sp³-hybridized carbons (Fsp3) is 0.211. The molecule has 1 fully saturated rings. The Balaban J connectivity index is 1.66. The number of hydrogen-bond acceptors (Lipinski definition) is 3. The molecule has 3 rings (SSSR count). The van der Waals surface area contributed by atoms with Crippen LogP contribution in [-0.4, -0.2) is 24.1 Å². The van der Waals surface area contributed by atoms with Crippen LogP contribution in [0.5, 0.6) is 0 Å². The molecule has 1 unspecified atom stereocenters. The summed E-state index contributed by atoms with van der Waals surface area (Å²) in [6.45, 7) is 1.82. The zero-order valence-corrected chi connectivity index (χ0v) is 14.4. The van der Waals surface area contributed by atoms with E-state index in [2.05, 4.69) is 5.32 Å². The number of hydrogen-bond donors (Lipinski definition) is 1. The van der Waals surface area contributed by atoms with Crippen LogP contribution >= 0.6 is 11.6 Å². The van der Waals surface area contributed by atoms with Crippen molar-refractivity contribution in [3.8, 4) is 0 Å². The van der Waals surface area contributed by atoms with E-state index >= 15 is 0 Å². The highest BCUT2D eigenvalue weighted by molar-refractivity contribution is 6.30. The molecular weight excluding hydrogens is 340 g/mol. The molecular formula is C19H17ClN2O3. The lowest BCUT2D eigenvalue weighted by Gasteiger charge is -2.16. The van der Waals surface area contributed by atoms with E-state index in [4.69, 9.17) is 11.6 Å². The average molecular weight is 357 g/mol. The molecule has 1 aliphatic rings. The predicted molar refractivity (Wildman–Crippen MR) is 97.0 cm³/mol. The summed E-state index contributed by atoms with van der Waals surface area (Å²) in [5, 5.41) is 3.40. The van der Waals surface area contributed by atoms with Crippen molar-refractivity contribution in [1.82, 2.24) is 0 Å². The summed E-state index contributed by atoms with van der Waals surface area (Å²) >= 11 is 5.87. The summed E-state index contributed by atoms with van der Waals surface area (Å²) in [5.74, 6) is -0.747. The zero-order chi connectivity index (χ0) is 18.0. The van der Waals surface area contributed by atoms with Gasteiger partial charge in [-0.05, 0) is 55.5 Å². The van der Waals surface area contributed by atoms with Crippen LogP contribution < -0.4 is 10.2 Å². The van der Waals surface area contributed by atoms with Gasteiger partial charge < -0.3 is 10.2 Å². The van der Waals surface area contributed by atoms with E-state index in [1.807, 2.05) is 0 Å². The molecule has 1 saturated heterocycles. The summed E-state index contributed by atoms with van der Waals surface area (Å²) in [6.07, 6.45) is 0.167. The lowest BCUT2D eigenvalue weighted by atomic mass is 10.1. The van der Waals surface area contributed by atoms with Gasteiger partial charge in [0.1, 0.15) is 0 Å². The maximum absolute atomic E-state index is 12.4. The normalized spacial score (nSPS) is 16.8. The third-order valence-electron chi connectivity index (χ3n) is 4.19. The fourth-order valence-corrected chi connectivity index (χ4v) is 2.91. The second kappa shape index (κ2) is 7.07. The molecule has 0 saturated carbocycles. The van der Waals surface area contributed by atoms with E-state index in [1.165, 1.54) is 6.92 Å². The zero-order valence-electron chi connectivity index (χ0n) is 13.7. The highest BCUT2D eigenvalue weighted by atomic mass is 35.5. The average Bonchev–Trinajstić information content (AvgIpc) is 2.98. The van der Waals surface area contributed by atoms with Gasteiger partial charge in [-0.3, -0.25) is 14.4 Å². The minimum atomic E-state index is -0.421. The van der Waals surface area contributed by atoms with E-state index in [0.29, 0.717) is 22.8 Å². The first-order valence-electron chi connectivity index (χ1n) is 7.92. The van der Waals surface area contributed by atoms with Gasteiger partial charge >= 0.3 is 0 Å². The molecule has 5 nitrogen and oxygen atoms in total. The van der Waals surface area contributed by atoms with Gasteiger partial charge in [0, 0.05) is 34.9 Å². The van der Waals surface area contributed by atoms with Crippen molar-refractivity contribution < 1.29 is 14.4 Å². The standard InChI is InChI=1S/C19H17ClN2O3/c1-12(23)13-2-6-16(7-3-13)21-19(25)14-10-18(24)22(11-14)17-8-4-15(20)5-9-17/h2-9,14H,10-11H2,1H3,(H,21,25). The van der Waals surface area contributed by atoms with Crippen LogP contribution in [0.3, 0.4) is 0 Å². The molecule has 0 aromatic heterocycles. The molecule has 1 aliphatic heterocycles. The Morgan fingerprint density at radius 3 is 2.32 bits per heavy atom. The van der Waals surface area contributed by atoms with Crippen molar-refractivity contribution in [2.24, 2.45) is 5.92 Å². The third-order valence-corrected chi connectivity index (χ3v) is 4.45. The van der Waals surface area contributed by atoms with Crippen molar-refractivity contribution in [3.63, 3.8) is 0 Å². The SMILES string of the molecule is CC(=O)c1ccc(NC(=O)C2CC(=O)N(c3ccc(Cl)cc3)C2)cc1. The quantitative estimate of drug-likeness (QED) is 0.852. The van der Waals surface area contributed by atoms with Gasteiger partial charge in [0.05, 0.1) is 5.92 Å². The van der Waals surface area contributed by atoms with E-state index < -0.39 is 5.92 Å². The molecule has 2 aromatic carbocycles. The predicted octanol–water partition coefficient (Wildman–Crippen LogP) is 3.53. The minimum absolute atomic E-state index is 0.0297. The van der Waals surface area contributed by atoms with Crippen LogP contribution in [0, 0.1) is 5.92 Å². The maximum atomic E-state index is 12.4. The second-order valence-corrected chi connectivity index (χ2v) is 6.44. The van der Waals surface area contributed by atoms with Crippen molar-refractivity contribution in [1.29, 1.82) is 0 Å². The van der Waals surface area contributed by atoms with E-state index in [9.17, 15) is 14.4 Å². The number of carbonyl (C=O) groups is 3. The number of amides is 2. The van der Waals surface area contributed by atoms with Gasteiger partial charge in [-0.25, -0.2) is 0 Å². The number of benzene rings is 2. The lowest BCUT2D eigenvalue weighted by Crippen LogP contribution is -2.28. The van der Waals surface area contributed by atoms with Crippen LogP contribution in [0.25, 0.3) is 0 Å². The molecule has 0 spiro atoms. The Morgan fingerprint density at radius 1 is 1.08 bits per heavy atom. The van der Waals surface area contributed by atoms with Crippen molar-refractivity contribution in [3.05, 3.63) is 59.1 Å². The van der Waals surface area contributed by atoms with E-state index in [-0.39, 0.29) is 24.0 Å². The molecule has 2 aromatic rings. The van der Waals surface area contributed by atoms with Gasteiger partial charge in [-0.1, -0.05) is 11.6 Å². The molecule has 1 heterocycles. The molecule has 0 radical (unpaired) electrons. The highest BCUT2D eigenvalue weighted by Crippen LogP contribution is 2.27. The molecule has 128 valence electrons. The molecule has 1 N–H and O–H groups in total. The Kier molecular flexibility index (Phi) is 4.86. The Hall–Kier alpha value is -2.66. The number of rotatable bonds is 4. The summed E-state index contributed by atoms with van der Waals surface area (Å²) in [5.41, 5.74) is 1.92. The number of anilines is 2. The number of nitrogens with one attached hydrogen (secondary N) is 1. The first-order chi connectivity index (χ1) is 11.9. The molecule has 2 amide bonds. The summed E-state index contributed by atoms with van der Waals surface area (Å²) in [7, 11) is 0. The van der Waals surface area contributed by atoms with Crippen molar-refractivity contribution in [2.75, 3.05) is 16.8 Å². The van der Waals surface area contributed by atoms with Crippen LogP contribution in [0.1, 0.15) is 23.7 Å². The largest absolute Gasteiger partial charge is 0.326 e. The highest BCUT2D eigenvalue weighted by Gasteiger charge is 2.35. The summed E-state index contributed by atoms with van der Waals surface area (Å²) < 4.78 is 0. The minimum Gasteiger partial charge on any atom is -0.326 e. The van der Waals surface area contributed by atoms with Crippen molar-refractivity contribution in [2.45, 2.75) is 13.3 Å². The van der Waals surface area contributed by atoms with Gasteiger partial charge in [-0.2, -0.15) is 0 Å². The van der Waals surface area contributed by atoms with Crippen molar-refractivity contribution >= 4 is 40.6 Å². The first-order valence-corrected chi connectivity index (χ1v) is 8.29. The van der Waals surface area contributed by atoms with E-state index in [0.717, 1.165) is 5.69 Å². The number of nitrogens with zero attached hydrogens (tertiary/aromatic N) is 1. The molecule has 6 heteroatoms.